The van der Waals surface area contributed by atoms with Crippen molar-refractivity contribution in [3.63, 3.8) is 0 Å². The van der Waals surface area contributed by atoms with Gasteiger partial charge in [-0.05, 0) is 31.0 Å². The minimum absolute atomic E-state index is 0.153. The quantitative estimate of drug-likeness (QED) is 0.887. The molecule has 2 atom stereocenters. The number of nitrogens with two attached hydrogens (primary N) is 1. The molecule has 106 valence electrons. The Kier molecular flexibility index (Phi) is 5.05. The summed E-state index contributed by atoms with van der Waals surface area (Å²) in [6.07, 6.45) is 0.668. The Morgan fingerprint density at radius 2 is 1.75 bits per heavy atom. The molecule has 2 nitrogen and oxygen atoms in total. The Morgan fingerprint density at radius 3 is 2.40 bits per heavy atom. The molecule has 2 aromatic rings. The Bertz CT molecular complexity index is 568. The normalized spacial score (nSPS) is 13.8. The van der Waals surface area contributed by atoms with Crippen LogP contribution >= 0.6 is 11.6 Å². The molecule has 0 fully saturated rings. The smallest absolute Gasteiger partial charge is 0.140 e. The lowest BCUT2D eigenvalue weighted by Gasteiger charge is -2.25. The van der Waals surface area contributed by atoms with Crippen molar-refractivity contribution in [2.24, 2.45) is 5.73 Å². The van der Waals surface area contributed by atoms with Gasteiger partial charge in [-0.2, -0.15) is 0 Å². The van der Waals surface area contributed by atoms with E-state index in [9.17, 15) is 0 Å². The summed E-state index contributed by atoms with van der Waals surface area (Å²) in [6, 6.07) is 15.6. The van der Waals surface area contributed by atoms with Crippen LogP contribution in [0.25, 0.3) is 0 Å². The van der Waals surface area contributed by atoms with Gasteiger partial charge in [0, 0.05) is 16.6 Å². The van der Waals surface area contributed by atoms with Crippen LogP contribution in [0.3, 0.4) is 0 Å². The zero-order chi connectivity index (χ0) is 14.5. The van der Waals surface area contributed by atoms with Gasteiger partial charge in [0.25, 0.3) is 0 Å². The van der Waals surface area contributed by atoms with Gasteiger partial charge in [0.2, 0.25) is 0 Å². The summed E-state index contributed by atoms with van der Waals surface area (Å²) >= 11 is 6.27. The number of rotatable bonds is 5. The van der Waals surface area contributed by atoms with Crippen LogP contribution in [0.5, 0.6) is 5.75 Å². The lowest BCUT2D eigenvalue weighted by molar-refractivity contribution is 0.179. The highest BCUT2D eigenvalue weighted by Crippen LogP contribution is 2.31. The molecule has 3 heteroatoms. The van der Waals surface area contributed by atoms with Crippen molar-refractivity contribution >= 4 is 11.6 Å². The second-order valence-electron chi connectivity index (χ2n) is 4.88. The van der Waals surface area contributed by atoms with Crippen LogP contribution < -0.4 is 10.5 Å². The SMILES string of the molecule is CCc1ccccc1OC(c1ccccc1Cl)C(C)N. The molecule has 0 saturated heterocycles. The predicted octanol–water partition coefficient (Wildman–Crippen LogP) is 4.37. The van der Waals surface area contributed by atoms with Crippen molar-refractivity contribution in [3.8, 4) is 5.75 Å². The van der Waals surface area contributed by atoms with E-state index >= 15 is 0 Å². The highest BCUT2D eigenvalue weighted by atomic mass is 35.5. The fourth-order valence-electron chi connectivity index (χ4n) is 2.21. The maximum Gasteiger partial charge on any atom is 0.140 e. The van der Waals surface area contributed by atoms with Crippen LogP contribution in [-0.4, -0.2) is 6.04 Å². The summed E-state index contributed by atoms with van der Waals surface area (Å²) in [7, 11) is 0. The first-order valence-electron chi connectivity index (χ1n) is 6.88. The molecule has 0 aromatic heterocycles. The van der Waals surface area contributed by atoms with Crippen molar-refractivity contribution in [2.75, 3.05) is 0 Å². The summed E-state index contributed by atoms with van der Waals surface area (Å²) in [5.74, 6) is 0.872. The summed E-state index contributed by atoms with van der Waals surface area (Å²) in [4.78, 5) is 0. The molecule has 2 unspecified atom stereocenters. The third-order valence-electron chi connectivity index (χ3n) is 3.30. The van der Waals surface area contributed by atoms with E-state index in [1.54, 1.807) is 0 Å². The molecule has 2 rings (SSSR count). The van der Waals surface area contributed by atoms with Gasteiger partial charge in [0.15, 0.2) is 0 Å². The number of benzene rings is 2. The van der Waals surface area contributed by atoms with Gasteiger partial charge in [-0.1, -0.05) is 54.9 Å². The molecule has 0 aliphatic rings. The first-order valence-corrected chi connectivity index (χ1v) is 7.25. The van der Waals surface area contributed by atoms with E-state index in [1.807, 2.05) is 49.4 Å². The second-order valence-corrected chi connectivity index (χ2v) is 5.29. The Labute approximate surface area is 125 Å². The van der Waals surface area contributed by atoms with Gasteiger partial charge in [0.05, 0.1) is 0 Å². The molecule has 0 saturated carbocycles. The fourth-order valence-corrected chi connectivity index (χ4v) is 2.45. The highest BCUT2D eigenvalue weighted by molar-refractivity contribution is 6.31. The largest absolute Gasteiger partial charge is 0.484 e. The first-order chi connectivity index (χ1) is 9.63. The first kappa shape index (κ1) is 14.9. The minimum Gasteiger partial charge on any atom is -0.484 e. The van der Waals surface area contributed by atoms with Gasteiger partial charge < -0.3 is 10.5 Å². The lowest BCUT2D eigenvalue weighted by Crippen LogP contribution is -2.29. The van der Waals surface area contributed by atoms with Gasteiger partial charge in [-0.15, -0.1) is 0 Å². The summed E-state index contributed by atoms with van der Waals surface area (Å²) in [5, 5.41) is 0.684. The number of halogens is 1. The molecule has 2 aromatic carbocycles. The van der Waals surface area contributed by atoms with E-state index in [0.29, 0.717) is 5.02 Å². The summed E-state index contributed by atoms with van der Waals surface area (Å²) in [5.41, 5.74) is 8.19. The van der Waals surface area contributed by atoms with E-state index in [2.05, 4.69) is 13.0 Å². The van der Waals surface area contributed by atoms with Crippen LogP contribution in [0, 0.1) is 0 Å². The van der Waals surface area contributed by atoms with E-state index in [0.717, 1.165) is 17.7 Å². The van der Waals surface area contributed by atoms with Crippen LogP contribution in [0.4, 0.5) is 0 Å². The van der Waals surface area contributed by atoms with E-state index in [-0.39, 0.29) is 12.1 Å². The van der Waals surface area contributed by atoms with Crippen molar-refractivity contribution < 1.29 is 4.74 Å². The van der Waals surface area contributed by atoms with Gasteiger partial charge in [0.1, 0.15) is 11.9 Å². The molecule has 0 heterocycles. The molecule has 0 aliphatic heterocycles. The molecule has 0 radical (unpaired) electrons. The molecule has 0 bridgehead atoms. The standard InChI is InChI=1S/C17H20ClNO/c1-3-13-8-4-7-11-16(13)20-17(12(2)19)14-9-5-6-10-15(14)18/h4-12,17H,3,19H2,1-2H3. The molecule has 2 N–H and O–H groups in total. The number of hydrogen-bond donors (Lipinski definition) is 1. The highest BCUT2D eigenvalue weighted by Gasteiger charge is 2.21. The van der Waals surface area contributed by atoms with Crippen LogP contribution in [0.1, 0.15) is 31.1 Å². The molecular weight excluding hydrogens is 270 g/mol. The summed E-state index contributed by atoms with van der Waals surface area (Å²) < 4.78 is 6.16. The third-order valence-corrected chi connectivity index (χ3v) is 3.64. The van der Waals surface area contributed by atoms with Crippen molar-refractivity contribution in [1.29, 1.82) is 0 Å². The molecular formula is C17H20ClNO. The Balaban J connectivity index is 2.34. The molecule has 0 aliphatic carbocycles. The Morgan fingerprint density at radius 1 is 1.10 bits per heavy atom. The number of para-hydroxylation sites is 1. The third kappa shape index (κ3) is 3.33. The number of aryl methyl sites for hydroxylation is 1. The molecule has 20 heavy (non-hydrogen) atoms. The second kappa shape index (κ2) is 6.78. The van der Waals surface area contributed by atoms with Crippen LogP contribution in [-0.2, 0) is 6.42 Å². The molecule has 0 amide bonds. The van der Waals surface area contributed by atoms with Gasteiger partial charge in [-0.3, -0.25) is 0 Å². The van der Waals surface area contributed by atoms with Gasteiger partial charge in [-0.25, -0.2) is 0 Å². The minimum atomic E-state index is -0.253. The lowest BCUT2D eigenvalue weighted by atomic mass is 10.0. The maximum atomic E-state index is 6.27. The summed E-state index contributed by atoms with van der Waals surface area (Å²) in [6.45, 7) is 4.04. The number of ether oxygens (including phenoxy) is 1. The fraction of sp³-hybridized carbons (Fsp3) is 0.294. The van der Waals surface area contributed by atoms with Crippen molar-refractivity contribution in [1.82, 2.24) is 0 Å². The molecule has 0 spiro atoms. The monoisotopic (exact) mass is 289 g/mol. The zero-order valence-corrected chi connectivity index (χ0v) is 12.6. The van der Waals surface area contributed by atoms with E-state index in [4.69, 9.17) is 22.1 Å². The van der Waals surface area contributed by atoms with E-state index in [1.165, 1.54) is 5.56 Å². The average molecular weight is 290 g/mol. The Hall–Kier alpha value is -1.51. The van der Waals surface area contributed by atoms with E-state index < -0.39 is 0 Å². The van der Waals surface area contributed by atoms with Gasteiger partial charge >= 0.3 is 0 Å². The van der Waals surface area contributed by atoms with Crippen molar-refractivity contribution in [3.05, 3.63) is 64.7 Å². The zero-order valence-electron chi connectivity index (χ0n) is 11.8. The topological polar surface area (TPSA) is 35.2 Å². The maximum absolute atomic E-state index is 6.27. The van der Waals surface area contributed by atoms with Crippen molar-refractivity contribution in [2.45, 2.75) is 32.4 Å². The van der Waals surface area contributed by atoms with Crippen LogP contribution in [0.2, 0.25) is 5.02 Å². The number of hydrogen-bond acceptors (Lipinski definition) is 2. The predicted molar refractivity (Wildman–Crippen MR) is 84.3 cm³/mol. The average Bonchev–Trinajstić information content (AvgIpc) is 2.46. The van der Waals surface area contributed by atoms with Crippen LogP contribution in [0.15, 0.2) is 48.5 Å².